The van der Waals surface area contributed by atoms with Crippen LogP contribution >= 0.6 is 0 Å². The van der Waals surface area contributed by atoms with E-state index in [2.05, 4.69) is 9.97 Å². The highest BCUT2D eigenvalue weighted by Crippen LogP contribution is 2.30. The molecule has 3 heterocycles. The predicted molar refractivity (Wildman–Crippen MR) is 101 cm³/mol. The zero-order valence-corrected chi connectivity index (χ0v) is 16.1. The van der Waals surface area contributed by atoms with E-state index in [4.69, 9.17) is 5.11 Å². The fourth-order valence-corrected chi connectivity index (χ4v) is 4.38. The van der Waals surface area contributed by atoms with Crippen LogP contribution in [0.4, 0.5) is 0 Å². The summed E-state index contributed by atoms with van der Waals surface area (Å²) in [6.07, 6.45) is 6.19. The van der Waals surface area contributed by atoms with E-state index in [-0.39, 0.29) is 11.5 Å². The quantitative estimate of drug-likeness (QED) is 0.835. The van der Waals surface area contributed by atoms with Gasteiger partial charge in [0.15, 0.2) is 0 Å². The van der Waals surface area contributed by atoms with Crippen molar-refractivity contribution in [2.24, 2.45) is 0 Å². The van der Waals surface area contributed by atoms with Crippen molar-refractivity contribution < 1.29 is 18.3 Å². The van der Waals surface area contributed by atoms with Crippen LogP contribution in [0.2, 0.25) is 0 Å². The first-order valence-electron chi connectivity index (χ1n) is 8.61. The monoisotopic (exact) mass is 390 g/mol. The average Bonchev–Trinajstić information content (AvgIpc) is 2.68. The summed E-state index contributed by atoms with van der Waals surface area (Å²) >= 11 is 0. The molecule has 2 aromatic heterocycles. The summed E-state index contributed by atoms with van der Waals surface area (Å²) in [7, 11) is -0.399. The van der Waals surface area contributed by atoms with Gasteiger partial charge in [0.2, 0.25) is 0 Å². The third-order valence-electron chi connectivity index (χ3n) is 4.69. The van der Waals surface area contributed by atoms with Crippen LogP contribution in [-0.2, 0) is 10.2 Å². The van der Waals surface area contributed by atoms with Crippen LogP contribution in [0.3, 0.4) is 0 Å². The first-order valence-corrected chi connectivity index (χ1v) is 10.0. The average molecular weight is 390 g/mol. The summed E-state index contributed by atoms with van der Waals surface area (Å²) in [5.74, 6) is -1.04. The molecule has 1 unspecified atom stereocenters. The van der Waals surface area contributed by atoms with Crippen LogP contribution in [0.25, 0.3) is 11.1 Å². The molecule has 1 atom stereocenters. The lowest BCUT2D eigenvalue weighted by Gasteiger charge is -2.33. The molecule has 144 valence electrons. The third kappa shape index (κ3) is 4.15. The molecule has 1 fully saturated rings. The smallest absolute Gasteiger partial charge is 0.337 e. The van der Waals surface area contributed by atoms with E-state index in [9.17, 15) is 13.2 Å². The summed E-state index contributed by atoms with van der Waals surface area (Å²) in [5, 5.41) is 9.15. The number of hydrogen-bond donors (Lipinski definition) is 1. The third-order valence-corrected chi connectivity index (χ3v) is 6.60. The van der Waals surface area contributed by atoms with Gasteiger partial charge in [0.25, 0.3) is 10.2 Å². The van der Waals surface area contributed by atoms with Crippen LogP contribution in [-0.4, -0.2) is 65.3 Å². The minimum absolute atomic E-state index is 0.0101. The lowest BCUT2D eigenvalue weighted by atomic mass is 9.94. The number of rotatable bonds is 5. The van der Waals surface area contributed by atoms with Crippen molar-refractivity contribution in [3.8, 4) is 11.1 Å². The molecule has 1 N–H and O–H groups in total. The SMILES string of the molecule is CN(C)S(=O)(=O)N1CCCC(c2cc(-c3cncc(C(=O)O)c3)ccn2)C1. The highest BCUT2D eigenvalue weighted by molar-refractivity contribution is 7.86. The van der Waals surface area contributed by atoms with Crippen LogP contribution < -0.4 is 0 Å². The van der Waals surface area contributed by atoms with Crippen LogP contribution in [0.15, 0.2) is 36.8 Å². The molecular formula is C18H22N4O4S. The van der Waals surface area contributed by atoms with Gasteiger partial charge < -0.3 is 5.11 Å². The molecule has 0 saturated carbocycles. The minimum Gasteiger partial charge on any atom is -0.478 e. The van der Waals surface area contributed by atoms with Gasteiger partial charge in [0.05, 0.1) is 5.56 Å². The van der Waals surface area contributed by atoms with Gasteiger partial charge in [0.1, 0.15) is 0 Å². The number of nitrogens with zero attached hydrogens (tertiary/aromatic N) is 4. The number of piperidine rings is 1. The van der Waals surface area contributed by atoms with E-state index >= 15 is 0 Å². The molecule has 8 nitrogen and oxygen atoms in total. The van der Waals surface area contributed by atoms with Gasteiger partial charge in [-0.1, -0.05) is 0 Å². The molecule has 27 heavy (non-hydrogen) atoms. The van der Waals surface area contributed by atoms with E-state index in [1.807, 2.05) is 6.07 Å². The highest BCUT2D eigenvalue weighted by atomic mass is 32.2. The number of carboxylic acid groups (broad SMARTS) is 1. The molecule has 1 aliphatic heterocycles. The molecule has 9 heteroatoms. The summed E-state index contributed by atoms with van der Waals surface area (Å²) in [5.41, 5.74) is 2.41. The summed E-state index contributed by atoms with van der Waals surface area (Å²) < 4.78 is 27.6. The molecule has 0 bridgehead atoms. The lowest BCUT2D eigenvalue weighted by molar-refractivity contribution is 0.0696. The van der Waals surface area contributed by atoms with Crippen molar-refractivity contribution in [1.82, 2.24) is 18.6 Å². The predicted octanol–water partition coefficient (Wildman–Crippen LogP) is 1.83. The fraction of sp³-hybridized carbons (Fsp3) is 0.389. The molecule has 3 rings (SSSR count). The Labute approximate surface area is 158 Å². The molecule has 0 radical (unpaired) electrons. The van der Waals surface area contributed by atoms with Crippen molar-refractivity contribution >= 4 is 16.2 Å². The molecule has 0 amide bonds. The minimum atomic E-state index is -3.45. The van der Waals surface area contributed by atoms with Crippen molar-refractivity contribution in [3.05, 3.63) is 48.0 Å². The summed E-state index contributed by atoms with van der Waals surface area (Å²) in [6, 6.07) is 5.25. The van der Waals surface area contributed by atoms with Crippen molar-refractivity contribution in [3.63, 3.8) is 0 Å². The van der Waals surface area contributed by atoms with Gasteiger partial charge in [-0.2, -0.15) is 17.0 Å². The number of pyridine rings is 2. The van der Waals surface area contributed by atoms with Gasteiger partial charge in [-0.3, -0.25) is 9.97 Å². The molecule has 0 aromatic carbocycles. The Morgan fingerprint density at radius 3 is 2.74 bits per heavy atom. The van der Waals surface area contributed by atoms with Crippen molar-refractivity contribution in [2.45, 2.75) is 18.8 Å². The van der Waals surface area contributed by atoms with Crippen LogP contribution in [0.1, 0.15) is 34.8 Å². The largest absolute Gasteiger partial charge is 0.478 e. The maximum atomic E-state index is 12.4. The Hall–Kier alpha value is -2.36. The van der Waals surface area contributed by atoms with Gasteiger partial charge in [-0.25, -0.2) is 4.79 Å². The summed E-state index contributed by atoms with van der Waals surface area (Å²) in [6.45, 7) is 0.881. The number of carboxylic acids is 1. The maximum Gasteiger partial charge on any atom is 0.337 e. The number of aromatic nitrogens is 2. The molecule has 1 saturated heterocycles. The Kier molecular flexibility index (Phi) is 5.54. The van der Waals surface area contributed by atoms with Gasteiger partial charge in [-0.15, -0.1) is 0 Å². The van der Waals surface area contributed by atoms with E-state index in [1.54, 1.807) is 24.5 Å². The second kappa shape index (κ2) is 7.71. The van der Waals surface area contributed by atoms with E-state index in [1.165, 1.54) is 28.9 Å². The topological polar surface area (TPSA) is 104 Å². The standard InChI is InChI=1S/C18H22N4O4S/c1-21(2)27(25,26)22-7-3-4-14(12-22)17-9-13(5-6-20-17)15-8-16(18(23)24)11-19-10-15/h5-6,8-11,14H,3-4,7,12H2,1-2H3,(H,23,24). The Morgan fingerprint density at radius 1 is 1.26 bits per heavy atom. The van der Waals surface area contributed by atoms with E-state index in [0.29, 0.717) is 18.7 Å². The first kappa shape index (κ1) is 19.4. The summed E-state index contributed by atoms with van der Waals surface area (Å²) in [4.78, 5) is 19.6. The van der Waals surface area contributed by atoms with Crippen LogP contribution in [0.5, 0.6) is 0 Å². The molecule has 2 aromatic rings. The Morgan fingerprint density at radius 2 is 2.04 bits per heavy atom. The van der Waals surface area contributed by atoms with E-state index < -0.39 is 16.2 Å². The molecule has 0 aliphatic carbocycles. The Bertz CT molecular complexity index is 946. The second-order valence-electron chi connectivity index (χ2n) is 6.72. The lowest BCUT2D eigenvalue weighted by Crippen LogP contribution is -2.45. The second-order valence-corrected chi connectivity index (χ2v) is 8.87. The van der Waals surface area contributed by atoms with E-state index in [0.717, 1.165) is 24.1 Å². The highest BCUT2D eigenvalue weighted by Gasteiger charge is 2.31. The first-order chi connectivity index (χ1) is 12.8. The number of aromatic carboxylic acids is 1. The molecule has 0 spiro atoms. The van der Waals surface area contributed by atoms with Gasteiger partial charge in [0, 0.05) is 63.0 Å². The normalized spacial score (nSPS) is 18.6. The van der Waals surface area contributed by atoms with Gasteiger partial charge in [-0.05, 0) is 36.6 Å². The van der Waals surface area contributed by atoms with Crippen molar-refractivity contribution in [2.75, 3.05) is 27.2 Å². The maximum absolute atomic E-state index is 12.4. The number of hydrogen-bond acceptors (Lipinski definition) is 5. The Balaban J connectivity index is 1.87. The van der Waals surface area contributed by atoms with Crippen molar-refractivity contribution in [1.29, 1.82) is 0 Å². The molecular weight excluding hydrogens is 368 g/mol. The fourth-order valence-electron chi connectivity index (χ4n) is 3.19. The zero-order valence-electron chi connectivity index (χ0n) is 15.2. The van der Waals surface area contributed by atoms with Crippen LogP contribution in [0, 0.1) is 0 Å². The zero-order chi connectivity index (χ0) is 19.6. The number of carbonyl (C=O) groups is 1. The van der Waals surface area contributed by atoms with Gasteiger partial charge >= 0.3 is 5.97 Å². The molecule has 1 aliphatic rings.